The molecule has 0 aliphatic carbocycles. The van der Waals surface area contributed by atoms with Crippen molar-refractivity contribution < 1.29 is 9.59 Å². The molecular formula is C22H20IN3O2. The predicted molar refractivity (Wildman–Crippen MR) is 120 cm³/mol. The van der Waals surface area contributed by atoms with Crippen molar-refractivity contribution in [2.24, 2.45) is 0 Å². The third-order valence-electron chi connectivity index (χ3n) is 4.02. The summed E-state index contributed by atoms with van der Waals surface area (Å²) in [6.07, 6.45) is 0. The lowest BCUT2D eigenvalue weighted by Gasteiger charge is -2.09. The van der Waals surface area contributed by atoms with Crippen LogP contribution in [0.2, 0.25) is 0 Å². The molecule has 6 heteroatoms. The molecule has 0 spiro atoms. The Balaban J connectivity index is 1.46. The molecular weight excluding hydrogens is 465 g/mol. The summed E-state index contributed by atoms with van der Waals surface area (Å²) in [6.45, 7) is 0.629. The van der Waals surface area contributed by atoms with Gasteiger partial charge in [-0.25, -0.2) is 0 Å². The zero-order chi connectivity index (χ0) is 19.8. The molecule has 3 aromatic carbocycles. The largest absolute Gasteiger partial charge is 0.376 e. The Kier molecular flexibility index (Phi) is 7.02. The Hall–Kier alpha value is -2.87. The first kappa shape index (κ1) is 19.9. The molecule has 0 saturated carbocycles. The van der Waals surface area contributed by atoms with Crippen LogP contribution in [0.15, 0.2) is 78.9 Å². The van der Waals surface area contributed by atoms with E-state index in [1.165, 1.54) is 0 Å². The van der Waals surface area contributed by atoms with Crippen molar-refractivity contribution in [2.45, 2.75) is 6.54 Å². The Labute approximate surface area is 177 Å². The minimum absolute atomic E-state index is 0.133. The zero-order valence-corrected chi connectivity index (χ0v) is 17.3. The first-order valence-electron chi connectivity index (χ1n) is 8.81. The number of hydrogen-bond donors (Lipinski definition) is 3. The lowest BCUT2D eigenvalue weighted by Crippen LogP contribution is -2.23. The van der Waals surface area contributed by atoms with Crippen molar-refractivity contribution >= 4 is 45.8 Å². The fourth-order valence-electron chi connectivity index (χ4n) is 2.54. The molecule has 0 aliphatic heterocycles. The SMILES string of the molecule is O=C(CNc1ccc(C(=O)NCc2ccccc2)cc1)Nc1ccc(I)cc1. The van der Waals surface area contributed by atoms with Crippen LogP contribution < -0.4 is 16.0 Å². The van der Waals surface area contributed by atoms with Crippen molar-refractivity contribution in [3.63, 3.8) is 0 Å². The van der Waals surface area contributed by atoms with E-state index in [1.54, 1.807) is 24.3 Å². The van der Waals surface area contributed by atoms with E-state index in [9.17, 15) is 9.59 Å². The predicted octanol–water partition coefficient (Wildman–Crippen LogP) is 4.27. The van der Waals surface area contributed by atoms with Crippen LogP contribution in [0.3, 0.4) is 0 Å². The molecule has 0 aromatic heterocycles. The third-order valence-corrected chi connectivity index (χ3v) is 4.74. The van der Waals surface area contributed by atoms with Gasteiger partial charge >= 0.3 is 0 Å². The quantitative estimate of drug-likeness (QED) is 0.438. The Morgan fingerprint density at radius 1 is 0.786 bits per heavy atom. The second-order valence-electron chi connectivity index (χ2n) is 6.15. The van der Waals surface area contributed by atoms with Crippen LogP contribution >= 0.6 is 22.6 Å². The monoisotopic (exact) mass is 485 g/mol. The van der Waals surface area contributed by atoms with Gasteiger partial charge in [-0.3, -0.25) is 9.59 Å². The highest BCUT2D eigenvalue weighted by atomic mass is 127. The summed E-state index contributed by atoms with van der Waals surface area (Å²) >= 11 is 2.22. The first-order valence-corrected chi connectivity index (χ1v) is 9.89. The molecule has 0 unspecified atom stereocenters. The lowest BCUT2D eigenvalue weighted by molar-refractivity contribution is -0.114. The molecule has 5 nitrogen and oxygen atoms in total. The molecule has 0 bridgehead atoms. The van der Waals surface area contributed by atoms with E-state index in [4.69, 9.17) is 0 Å². The van der Waals surface area contributed by atoms with Crippen molar-refractivity contribution in [1.29, 1.82) is 0 Å². The topological polar surface area (TPSA) is 70.2 Å². The molecule has 3 rings (SSSR count). The number of carbonyl (C=O) groups is 2. The van der Waals surface area contributed by atoms with E-state index >= 15 is 0 Å². The van der Waals surface area contributed by atoms with Gasteiger partial charge in [-0.05, 0) is 76.7 Å². The number of carbonyl (C=O) groups excluding carboxylic acids is 2. The summed E-state index contributed by atoms with van der Waals surface area (Å²) in [5, 5.41) is 8.78. The highest BCUT2D eigenvalue weighted by Crippen LogP contribution is 2.12. The van der Waals surface area contributed by atoms with E-state index in [2.05, 4.69) is 38.5 Å². The molecule has 3 N–H and O–H groups in total. The Morgan fingerprint density at radius 3 is 2.11 bits per heavy atom. The fourth-order valence-corrected chi connectivity index (χ4v) is 2.90. The standard InChI is InChI=1S/C22H20IN3O2/c23-18-8-12-20(13-9-18)26-21(27)15-24-19-10-6-17(7-11-19)22(28)25-14-16-4-2-1-3-5-16/h1-13,24H,14-15H2,(H,25,28)(H,26,27). The maximum Gasteiger partial charge on any atom is 0.251 e. The summed E-state index contributed by atoms with van der Waals surface area (Å²) in [7, 11) is 0. The van der Waals surface area contributed by atoms with Gasteiger partial charge in [0.15, 0.2) is 0 Å². The number of halogens is 1. The molecule has 28 heavy (non-hydrogen) atoms. The average molecular weight is 485 g/mol. The van der Waals surface area contributed by atoms with Gasteiger partial charge in [-0.1, -0.05) is 30.3 Å². The van der Waals surface area contributed by atoms with E-state index in [0.29, 0.717) is 12.1 Å². The van der Waals surface area contributed by atoms with Gasteiger partial charge in [0.2, 0.25) is 5.91 Å². The maximum atomic E-state index is 12.2. The van der Waals surface area contributed by atoms with Crippen molar-refractivity contribution in [3.8, 4) is 0 Å². The van der Waals surface area contributed by atoms with E-state index in [1.807, 2.05) is 54.6 Å². The van der Waals surface area contributed by atoms with Crippen LogP contribution in [-0.4, -0.2) is 18.4 Å². The summed E-state index contributed by atoms with van der Waals surface area (Å²) in [5.74, 6) is -0.266. The number of hydrogen-bond acceptors (Lipinski definition) is 3. The van der Waals surface area contributed by atoms with Gasteiger partial charge in [0.05, 0.1) is 6.54 Å². The molecule has 0 heterocycles. The minimum atomic E-state index is -0.133. The van der Waals surface area contributed by atoms with Crippen LogP contribution in [0.1, 0.15) is 15.9 Å². The van der Waals surface area contributed by atoms with Crippen LogP contribution in [0.5, 0.6) is 0 Å². The van der Waals surface area contributed by atoms with Gasteiger partial charge in [-0.15, -0.1) is 0 Å². The summed E-state index contributed by atoms with van der Waals surface area (Å²) in [5.41, 5.74) is 3.16. The molecule has 2 amide bonds. The summed E-state index contributed by atoms with van der Waals surface area (Å²) < 4.78 is 1.11. The van der Waals surface area contributed by atoms with Gasteiger partial charge in [0.1, 0.15) is 0 Å². The second-order valence-corrected chi connectivity index (χ2v) is 7.40. The maximum absolute atomic E-state index is 12.2. The fraction of sp³-hybridized carbons (Fsp3) is 0.0909. The van der Waals surface area contributed by atoms with E-state index in [0.717, 1.165) is 20.5 Å². The first-order chi connectivity index (χ1) is 13.6. The number of benzene rings is 3. The van der Waals surface area contributed by atoms with Crippen molar-refractivity contribution in [2.75, 3.05) is 17.2 Å². The third kappa shape index (κ3) is 6.09. The average Bonchev–Trinajstić information content (AvgIpc) is 2.73. The van der Waals surface area contributed by atoms with E-state index < -0.39 is 0 Å². The van der Waals surface area contributed by atoms with Crippen LogP contribution in [-0.2, 0) is 11.3 Å². The van der Waals surface area contributed by atoms with Gasteiger partial charge in [0.25, 0.3) is 5.91 Å². The minimum Gasteiger partial charge on any atom is -0.376 e. The van der Waals surface area contributed by atoms with Gasteiger partial charge < -0.3 is 16.0 Å². The number of amides is 2. The molecule has 0 saturated heterocycles. The van der Waals surface area contributed by atoms with E-state index in [-0.39, 0.29) is 18.4 Å². The molecule has 142 valence electrons. The normalized spacial score (nSPS) is 10.2. The number of nitrogens with one attached hydrogen (secondary N) is 3. The molecule has 0 atom stereocenters. The van der Waals surface area contributed by atoms with Gasteiger partial charge in [0, 0.05) is 27.1 Å². The van der Waals surface area contributed by atoms with Crippen molar-refractivity contribution in [1.82, 2.24) is 5.32 Å². The van der Waals surface area contributed by atoms with Crippen LogP contribution in [0.4, 0.5) is 11.4 Å². The zero-order valence-electron chi connectivity index (χ0n) is 15.1. The number of rotatable bonds is 7. The lowest BCUT2D eigenvalue weighted by atomic mass is 10.1. The molecule has 0 aliphatic rings. The smallest absolute Gasteiger partial charge is 0.251 e. The summed E-state index contributed by atoms with van der Waals surface area (Å²) in [4.78, 5) is 24.3. The Bertz CT molecular complexity index is 926. The Morgan fingerprint density at radius 2 is 1.43 bits per heavy atom. The van der Waals surface area contributed by atoms with Crippen LogP contribution in [0.25, 0.3) is 0 Å². The van der Waals surface area contributed by atoms with Gasteiger partial charge in [-0.2, -0.15) is 0 Å². The molecule has 3 aromatic rings. The summed E-state index contributed by atoms with van der Waals surface area (Å²) in [6, 6.07) is 24.4. The molecule has 0 fully saturated rings. The number of anilines is 2. The highest BCUT2D eigenvalue weighted by molar-refractivity contribution is 14.1. The second kappa shape index (κ2) is 9.89. The van der Waals surface area contributed by atoms with Crippen molar-refractivity contribution in [3.05, 3.63) is 93.6 Å². The van der Waals surface area contributed by atoms with Crippen LogP contribution in [0, 0.1) is 3.57 Å². The molecule has 0 radical (unpaired) electrons. The highest BCUT2D eigenvalue weighted by Gasteiger charge is 2.06.